The Kier molecular flexibility index (Phi) is 6.33. The van der Waals surface area contributed by atoms with E-state index in [9.17, 15) is 5.11 Å². The van der Waals surface area contributed by atoms with Crippen LogP contribution in [0.25, 0.3) is 32.6 Å². The Hall–Kier alpha value is -3.12. The van der Waals surface area contributed by atoms with Crippen LogP contribution < -0.4 is 4.57 Å². The highest BCUT2D eigenvalue weighted by molar-refractivity contribution is 6.16. The lowest BCUT2D eigenvalue weighted by molar-refractivity contribution is -0.695. The zero-order valence-corrected chi connectivity index (χ0v) is 19.1. The van der Waals surface area contributed by atoms with Gasteiger partial charge in [-0.2, -0.15) is 0 Å². The first-order chi connectivity index (χ1) is 15.3. The van der Waals surface area contributed by atoms with Crippen LogP contribution in [-0.4, -0.2) is 45.7 Å². The quantitative estimate of drug-likeness (QED) is 0.410. The fraction of sp³-hybridized carbons (Fsp3) is 0.385. The van der Waals surface area contributed by atoms with Crippen LogP contribution in [0.3, 0.4) is 0 Å². The van der Waals surface area contributed by atoms with Crippen molar-refractivity contribution in [2.24, 2.45) is 0 Å². The molecule has 1 aliphatic rings. The number of aromatic amines is 1. The Morgan fingerprint density at radius 1 is 1.06 bits per heavy atom. The molecule has 1 saturated heterocycles. The second-order valence-electron chi connectivity index (χ2n) is 8.79. The van der Waals surface area contributed by atoms with Gasteiger partial charge in [0.1, 0.15) is 5.75 Å². The minimum Gasteiger partial charge on any atom is -0.508 e. The number of hydrogen-bond donors (Lipinski definition) is 3. The summed E-state index contributed by atoms with van der Waals surface area (Å²) in [5.41, 5.74) is 4.80. The van der Waals surface area contributed by atoms with E-state index >= 15 is 0 Å². The van der Waals surface area contributed by atoms with Crippen LogP contribution in [0.4, 0.5) is 0 Å². The summed E-state index contributed by atoms with van der Waals surface area (Å²) in [6.45, 7) is 10.1. The lowest BCUT2D eigenvalue weighted by atomic mass is 9.97. The number of carboxylic acid groups (broad SMARTS) is 1. The van der Waals surface area contributed by atoms with Crippen molar-refractivity contribution in [1.82, 2.24) is 9.88 Å². The zero-order valence-electron chi connectivity index (χ0n) is 19.1. The number of piperidine rings is 1. The van der Waals surface area contributed by atoms with Gasteiger partial charge in [0.25, 0.3) is 5.97 Å². The number of likely N-dealkylation sites (tertiary alicyclic amines) is 1. The van der Waals surface area contributed by atoms with Crippen LogP contribution in [-0.2, 0) is 11.3 Å². The number of fused-ring (bicyclic) bond motifs is 4. The summed E-state index contributed by atoms with van der Waals surface area (Å²) in [7, 11) is 0. The van der Waals surface area contributed by atoms with E-state index in [1.54, 1.807) is 6.07 Å². The lowest BCUT2D eigenvalue weighted by Crippen LogP contribution is -2.41. The summed E-state index contributed by atoms with van der Waals surface area (Å²) in [5.74, 6) is -0.518. The highest BCUT2D eigenvalue weighted by atomic mass is 16.4. The summed E-state index contributed by atoms with van der Waals surface area (Å²) in [6.07, 6.45) is 8.59. The number of aromatic hydroxyl groups is 1. The predicted octanol–water partition coefficient (Wildman–Crippen LogP) is 4.66. The summed E-state index contributed by atoms with van der Waals surface area (Å²) < 4.78 is 2.33. The predicted molar refractivity (Wildman–Crippen MR) is 128 cm³/mol. The molecule has 0 radical (unpaired) electrons. The molecule has 2 aromatic heterocycles. The number of hydrogen-bond acceptors (Lipinski definition) is 3. The van der Waals surface area contributed by atoms with Gasteiger partial charge in [0.05, 0.1) is 12.1 Å². The number of H-pyrrole nitrogens is 1. The Labute approximate surface area is 188 Å². The molecular weight excluding hydrogens is 402 g/mol. The molecule has 3 N–H and O–H groups in total. The number of aryl methyl sites for hydroxylation is 2. The van der Waals surface area contributed by atoms with E-state index in [-0.39, 0.29) is 0 Å². The molecule has 0 amide bonds. The smallest absolute Gasteiger partial charge is 0.300 e. The Morgan fingerprint density at radius 3 is 2.50 bits per heavy atom. The molecule has 3 heterocycles. The number of aliphatic carboxylic acids is 1. The molecule has 6 nitrogen and oxygen atoms in total. The average molecular weight is 435 g/mol. The number of rotatable bonds is 3. The van der Waals surface area contributed by atoms with Crippen molar-refractivity contribution in [2.75, 3.05) is 19.6 Å². The van der Waals surface area contributed by atoms with E-state index in [4.69, 9.17) is 9.90 Å². The molecule has 1 fully saturated rings. The van der Waals surface area contributed by atoms with Crippen molar-refractivity contribution in [1.29, 1.82) is 0 Å². The molecular formula is C26H32N3O3+. The van der Waals surface area contributed by atoms with Crippen LogP contribution in [0, 0.1) is 13.8 Å². The molecule has 1 aliphatic heterocycles. The number of nitrogens with one attached hydrogen (secondary N) is 1. The largest absolute Gasteiger partial charge is 0.508 e. The van der Waals surface area contributed by atoms with Crippen LogP contribution in [0.2, 0.25) is 0 Å². The average Bonchev–Trinajstić information content (AvgIpc) is 3.15. The number of pyridine rings is 1. The van der Waals surface area contributed by atoms with E-state index in [0.29, 0.717) is 5.75 Å². The molecule has 6 heteroatoms. The minimum atomic E-state index is -0.833. The first-order valence-corrected chi connectivity index (χ1v) is 11.3. The second kappa shape index (κ2) is 9.17. The number of carbonyl (C=O) groups is 1. The van der Waals surface area contributed by atoms with Gasteiger partial charge in [0.2, 0.25) is 0 Å². The van der Waals surface area contributed by atoms with Gasteiger partial charge in [-0.15, -0.1) is 0 Å². The molecule has 5 rings (SSSR count). The van der Waals surface area contributed by atoms with Gasteiger partial charge >= 0.3 is 0 Å². The molecule has 0 spiro atoms. The number of carboxylic acids is 1. The fourth-order valence-electron chi connectivity index (χ4n) is 4.86. The highest BCUT2D eigenvalue weighted by Crippen LogP contribution is 2.37. The van der Waals surface area contributed by atoms with Crippen molar-refractivity contribution in [3.05, 3.63) is 47.8 Å². The van der Waals surface area contributed by atoms with Gasteiger partial charge in [0, 0.05) is 34.7 Å². The summed E-state index contributed by atoms with van der Waals surface area (Å²) in [5, 5.41) is 22.3. The third kappa shape index (κ3) is 4.41. The Morgan fingerprint density at radius 2 is 1.78 bits per heavy atom. The van der Waals surface area contributed by atoms with E-state index in [1.807, 2.05) is 12.1 Å². The number of nitrogens with zero attached hydrogens (tertiary/aromatic N) is 2. The molecule has 0 unspecified atom stereocenters. The molecule has 0 bridgehead atoms. The number of phenolic OH excluding ortho intramolecular Hbond substituents is 1. The minimum absolute atomic E-state index is 0.315. The SMILES string of the molecule is CC(=O)O.Cc1c2cc[n+](CCN3CCCCC3)cc2c(C)c2c1[nH]c1ccc(O)cc12. The van der Waals surface area contributed by atoms with Crippen molar-refractivity contribution in [3.8, 4) is 5.75 Å². The van der Waals surface area contributed by atoms with Gasteiger partial charge in [-0.1, -0.05) is 6.42 Å². The fourth-order valence-corrected chi connectivity index (χ4v) is 4.86. The summed E-state index contributed by atoms with van der Waals surface area (Å²) in [4.78, 5) is 15.2. The van der Waals surface area contributed by atoms with Crippen molar-refractivity contribution in [3.63, 3.8) is 0 Å². The third-order valence-corrected chi connectivity index (χ3v) is 6.48. The first kappa shape index (κ1) is 22.1. The maximum absolute atomic E-state index is 10.00. The number of phenols is 1. The second-order valence-corrected chi connectivity index (χ2v) is 8.79. The van der Waals surface area contributed by atoms with E-state index in [0.717, 1.165) is 30.9 Å². The van der Waals surface area contributed by atoms with Gasteiger partial charge in [0.15, 0.2) is 18.9 Å². The summed E-state index contributed by atoms with van der Waals surface area (Å²) >= 11 is 0. The van der Waals surface area contributed by atoms with Gasteiger partial charge < -0.3 is 15.2 Å². The maximum Gasteiger partial charge on any atom is 0.300 e. The number of aromatic nitrogens is 2. The molecule has 0 saturated carbocycles. The zero-order chi connectivity index (χ0) is 22.8. The van der Waals surface area contributed by atoms with Gasteiger partial charge in [-0.25, -0.2) is 4.57 Å². The Bertz CT molecular complexity index is 1280. The van der Waals surface area contributed by atoms with Crippen molar-refractivity contribution in [2.45, 2.75) is 46.6 Å². The summed E-state index contributed by atoms with van der Waals surface area (Å²) in [6, 6.07) is 7.85. The molecule has 4 aromatic rings. The van der Waals surface area contributed by atoms with Crippen LogP contribution >= 0.6 is 0 Å². The van der Waals surface area contributed by atoms with Gasteiger partial charge in [-0.3, -0.25) is 9.69 Å². The van der Waals surface area contributed by atoms with Crippen molar-refractivity contribution >= 4 is 38.5 Å². The lowest BCUT2D eigenvalue weighted by Gasteiger charge is -2.24. The van der Waals surface area contributed by atoms with Crippen LogP contribution in [0.1, 0.15) is 37.3 Å². The van der Waals surface area contributed by atoms with E-state index in [2.05, 4.69) is 46.8 Å². The van der Waals surface area contributed by atoms with E-state index in [1.165, 1.54) is 65.2 Å². The highest BCUT2D eigenvalue weighted by Gasteiger charge is 2.17. The topological polar surface area (TPSA) is 80.4 Å². The van der Waals surface area contributed by atoms with Crippen LogP contribution in [0.15, 0.2) is 36.7 Å². The monoisotopic (exact) mass is 434 g/mol. The normalized spacial score (nSPS) is 14.6. The van der Waals surface area contributed by atoms with Crippen molar-refractivity contribution < 1.29 is 19.6 Å². The third-order valence-electron chi connectivity index (χ3n) is 6.48. The van der Waals surface area contributed by atoms with E-state index < -0.39 is 5.97 Å². The van der Waals surface area contributed by atoms with Gasteiger partial charge in [-0.05, 0) is 74.5 Å². The molecule has 168 valence electrons. The van der Waals surface area contributed by atoms with Crippen LogP contribution in [0.5, 0.6) is 5.75 Å². The standard InChI is InChI=1S/C24H27N3O.C2H4O2/c1-16-21-15-27(13-12-26-9-4-3-5-10-26)11-8-19(21)17(2)24-23(16)20-14-18(28)6-7-22(20)25-24;1-2(3)4/h6-8,11,14-15,28H,3-5,9-10,12-13H2,1-2H3;1H3,(H,3,4)/p+1. The molecule has 0 aliphatic carbocycles. The molecule has 2 aromatic carbocycles. The molecule has 32 heavy (non-hydrogen) atoms. The first-order valence-electron chi connectivity index (χ1n) is 11.3. The number of benzene rings is 2. The maximum atomic E-state index is 10.00. The Balaban J connectivity index is 0.000000567. The molecule has 0 atom stereocenters.